The van der Waals surface area contributed by atoms with Crippen molar-refractivity contribution in [3.8, 4) is 11.5 Å². The van der Waals surface area contributed by atoms with Crippen LogP contribution in [-0.4, -0.2) is 25.0 Å². The molecule has 0 spiro atoms. The minimum Gasteiger partial charge on any atom is -0.494 e. The molecule has 0 unspecified atom stereocenters. The van der Waals surface area contributed by atoms with Gasteiger partial charge in [0.05, 0.1) is 19.6 Å². The van der Waals surface area contributed by atoms with Crippen molar-refractivity contribution in [3.63, 3.8) is 0 Å². The largest absolute Gasteiger partial charge is 0.494 e. The third-order valence-corrected chi connectivity index (χ3v) is 4.45. The van der Waals surface area contributed by atoms with Gasteiger partial charge in [-0.3, -0.25) is 9.59 Å². The van der Waals surface area contributed by atoms with E-state index in [1.807, 2.05) is 50.2 Å². The summed E-state index contributed by atoms with van der Waals surface area (Å²) in [6.45, 7) is 5.04. The second kappa shape index (κ2) is 10.8. The first-order chi connectivity index (χ1) is 15.1. The van der Waals surface area contributed by atoms with Gasteiger partial charge in [-0.2, -0.15) is 0 Å². The van der Waals surface area contributed by atoms with Crippen molar-refractivity contribution < 1.29 is 19.1 Å². The summed E-state index contributed by atoms with van der Waals surface area (Å²) in [5.41, 5.74) is 2.71. The van der Waals surface area contributed by atoms with Gasteiger partial charge in [0, 0.05) is 16.9 Å². The standard InChI is InChI=1S/C25H26N2O4/c1-3-30-22-13-5-18(6-14-22)17-24(28)26-20-9-7-19(8-10-20)25(29)27-21-11-15-23(16-12-21)31-4-2/h5-16H,3-4,17H2,1-2H3,(H,26,28)(H,27,29). The molecular weight excluding hydrogens is 392 g/mol. The van der Waals surface area contributed by atoms with E-state index < -0.39 is 0 Å². The van der Waals surface area contributed by atoms with E-state index in [1.165, 1.54) is 0 Å². The summed E-state index contributed by atoms with van der Waals surface area (Å²) in [7, 11) is 0. The van der Waals surface area contributed by atoms with Crippen molar-refractivity contribution in [1.29, 1.82) is 0 Å². The fourth-order valence-electron chi connectivity index (χ4n) is 2.97. The smallest absolute Gasteiger partial charge is 0.255 e. The molecule has 0 aliphatic rings. The Morgan fingerprint density at radius 1 is 0.677 bits per heavy atom. The third-order valence-electron chi connectivity index (χ3n) is 4.45. The number of carbonyl (C=O) groups is 2. The quantitative estimate of drug-likeness (QED) is 0.517. The molecule has 2 amide bonds. The average Bonchev–Trinajstić information content (AvgIpc) is 2.77. The lowest BCUT2D eigenvalue weighted by Crippen LogP contribution is -2.15. The highest BCUT2D eigenvalue weighted by molar-refractivity contribution is 6.04. The molecular formula is C25H26N2O4. The first-order valence-corrected chi connectivity index (χ1v) is 10.2. The highest BCUT2D eigenvalue weighted by Crippen LogP contribution is 2.18. The molecule has 0 atom stereocenters. The Balaban J connectivity index is 1.52. The molecule has 3 rings (SSSR count). The van der Waals surface area contributed by atoms with Crippen LogP contribution in [0.4, 0.5) is 11.4 Å². The lowest BCUT2D eigenvalue weighted by molar-refractivity contribution is -0.115. The van der Waals surface area contributed by atoms with E-state index in [4.69, 9.17) is 9.47 Å². The summed E-state index contributed by atoms with van der Waals surface area (Å²) in [5.74, 6) is 1.18. The lowest BCUT2D eigenvalue weighted by atomic mass is 10.1. The molecule has 0 saturated heterocycles. The van der Waals surface area contributed by atoms with Crippen molar-refractivity contribution in [2.75, 3.05) is 23.8 Å². The summed E-state index contributed by atoms with van der Waals surface area (Å²) >= 11 is 0. The molecule has 160 valence electrons. The first-order valence-electron chi connectivity index (χ1n) is 10.2. The number of amides is 2. The van der Waals surface area contributed by atoms with Gasteiger partial charge >= 0.3 is 0 Å². The van der Waals surface area contributed by atoms with Crippen LogP contribution in [0.2, 0.25) is 0 Å². The molecule has 3 aromatic rings. The second-order valence-corrected chi connectivity index (χ2v) is 6.79. The Morgan fingerprint density at radius 3 is 1.71 bits per heavy atom. The van der Waals surface area contributed by atoms with Crippen LogP contribution in [0.1, 0.15) is 29.8 Å². The van der Waals surface area contributed by atoms with Crippen molar-refractivity contribution in [2.45, 2.75) is 20.3 Å². The molecule has 0 radical (unpaired) electrons. The molecule has 0 heterocycles. The summed E-state index contributed by atoms with van der Waals surface area (Å²) < 4.78 is 10.8. The molecule has 6 nitrogen and oxygen atoms in total. The molecule has 0 aliphatic carbocycles. The van der Waals surface area contributed by atoms with Crippen LogP contribution in [0, 0.1) is 0 Å². The summed E-state index contributed by atoms with van der Waals surface area (Å²) in [6.07, 6.45) is 0.256. The SMILES string of the molecule is CCOc1ccc(CC(=O)Nc2ccc(C(=O)Nc3ccc(OCC)cc3)cc2)cc1. The maximum absolute atomic E-state index is 12.4. The van der Waals surface area contributed by atoms with E-state index in [0.717, 1.165) is 17.1 Å². The fraction of sp³-hybridized carbons (Fsp3) is 0.200. The van der Waals surface area contributed by atoms with Crippen LogP contribution in [0.15, 0.2) is 72.8 Å². The maximum atomic E-state index is 12.4. The second-order valence-electron chi connectivity index (χ2n) is 6.79. The molecule has 2 N–H and O–H groups in total. The fourth-order valence-corrected chi connectivity index (χ4v) is 2.97. The topological polar surface area (TPSA) is 76.7 Å². The molecule has 0 saturated carbocycles. The van der Waals surface area contributed by atoms with E-state index in [1.54, 1.807) is 36.4 Å². The Bertz CT molecular complexity index is 997. The van der Waals surface area contributed by atoms with Gasteiger partial charge in [0.25, 0.3) is 5.91 Å². The zero-order chi connectivity index (χ0) is 22.1. The number of rotatable bonds is 9. The van der Waals surface area contributed by atoms with Crippen molar-refractivity contribution in [3.05, 3.63) is 83.9 Å². The van der Waals surface area contributed by atoms with Gasteiger partial charge in [0.1, 0.15) is 11.5 Å². The molecule has 0 aromatic heterocycles. The van der Waals surface area contributed by atoms with Crippen molar-refractivity contribution in [2.24, 2.45) is 0 Å². The molecule has 3 aromatic carbocycles. The van der Waals surface area contributed by atoms with Gasteiger partial charge in [-0.15, -0.1) is 0 Å². The zero-order valence-corrected chi connectivity index (χ0v) is 17.7. The van der Waals surface area contributed by atoms with Gasteiger partial charge in [0.2, 0.25) is 5.91 Å². The molecule has 6 heteroatoms. The molecule has 0 fully saturated rings. The Labute approximate surface area is 182 Å². The predicted octanol–water partition coefficient (Wildman–Crippen LogP) is 4.92. The molecule has 31 heavy (non-hydrogen) atoms. The number of hydrogen-bond acceptors (Lipinski definition) is 4. The van der Waals surface area contributed by atoms with Crippen LogP contribution < -0.4 is 20.1 Å². The highest BCUT2D eigenvalue weighted by Gasteiger charge is 2.08. The van der Waals surface area contributed by atoms with Crippen LogP contribution in [-0.2, 0) is 11.2 Å². The lowest BCUT2D eigenvalue weighted by Gasteiger charge is -2.09. The maximum Gasteiger partial charge on any atom is 0.255 e. The van der Waals surface area contributed by atoms with E-state index in [-0.39, 0.29) is 18.2 Å². The van der Waals surface area contributed by atoms with E-state index >= 15 is 0 Å². The van der Waals surface area contributed by atoms with Crippen molar-refractivity contribution >= 4 is 23.2 Å². The summed E-state index contributed by atoms with van der Waals surface area (Å²) in [4.78, 5) is 24.7. The third kappa shape index (κ3) is 6.60. The molecule has 0 bridgehead atoms. The number of nitrogens with one attached hydrogen (secondary N) is 2. The highest BCUT2D eigenvalue weighted by atomic mass is 16.5. The Kier molecular flexibility index (Phi) is 7.65. The first kappa shape index (κ1) is 21.9. The van der Waals surface area contributed by atoms with Crippen LogP contribution >= 0.6 is 0 Å². The van der Waals surface area contributed by atoms with E-state index in [2.05, 4.69) is 10.6 Å². The van der Waals surface area contributed by atoms with Gasteiger partial charge in [-0.05, 0) is 80.1 Å². The summed E-state index contributed by atoms with van der Waals surface area (Å²) in [6, 6.07) is 21.4. The van der Waals surface area contributed by atoms with Gasteiger partial charge in [0.15, 0.2) is 0 Å². The normalized spacial score (nSPS) is 10.3. The number of hydrogen-bond donors (Lipinski definition) is 2. The van der Waals surface area contributed by atoms with Gasteiger partial charge < -0.3 is 20.1 Å². The van der Waals surface area contributed by atoms with Crippen molar-refractivity contribution in [1.82, 2.24) is 0 Å². The number of ether oxygens (including phenoxy) is 2. The monoisotopic (exact) mass is 418 g/mol. The minimum absolute atomic E-state index is 0.129. The van der Waals surface area contributed by atoms with Gasteiger partial charge in [-0.1, -0.05) is 12.1 Å². The Hall–Kier alpha value is -3.80. The average molecular weight is 418 g/mol. The van der Waals surface area contributed by atoms with Crippen LogP contribution in [0.3, 0.4) is 0 Å². The number of carbonyl (C=O) groups excluding carboxylic acids is 2. The molecule has 0 aliphatic heterocycles. The van der Waals surface area contributed by atoms with E-state index in [9.17, 15) is 9.59 Å². The van der Waals surface area contributed by atoms with E-state index in [0.29, 0.717) is 30.2 Å². The van der Waals surface area contributed by atoms with Gasteiger partial charge in [-0.25, -0.2) is 0 Å². The number of benzene rings is 3. The minimum atomic E-state index is -0.226. The zero-order valence-electron chi connectivity index (χ0n) is 17.7. The Morgan fingerprint density at radius 2 is 1.16 bits per heavy atom. The number of anilines is 2. The predicted molar refractivity (Wildman–Crippen MR) is 122 cm³/mol. The summed E-state index contributed by atoms with van der Waals surface area (Å²) in [5, 5.41) is 5.69. The van der Waals surface area contributed by atoms with Crippen LogP contribution in [0.25, 0.3) is 0 Å². The van der Waals surface area contributed by atoms with Crippen LogP contribution in [0.5, 0.6) is 11.5 Å².